The van der Waals surface area contributed by atoms with Crippen molar-refractivity contribution in [2.75, 3.05) is 20.8 Å². The van der Waals surface area contributed by atoms with Crippen LogP contribution in [0.25, 0.3) is 0 Å². The van der Waals surface area contributed by atoms with Gasteiger partial charge in [-0.25, -0.2) is 0 Å². The van der Waals surface area contributed by atoms with Crippen LogP contribution in [0, 0.1) is 6.92 Å². The predicted octanol–water partition coefficient (Wildman–Crippen LogP) is 2.38. The van der Waals surface area contributed by atoms with Gasteiger partial charge in [-0.1, -0.05) is 6.07 Å². The summed E-state index contributed by atoms with van der Waals surface area (Å²) in [5.41, 5.74) is 1.48. The van der Waals surface area contributed by atoms with Crippen molar-refractivity contribution in [1.82, 2.24) is 9.88 Å². The summed E-state index contributed by atoms with van der Waals surface area (Å²) in [6.45, 7) is 3.12. The average Bonchev–Trinajstić information content (AvgIpc) is 2.62. The number of amides is 1. The summed E-state index contributed by atoms with van der Waals surface area (Å²) < 4.78 is 12.1. The van der Waals surface area contributed by atoms with E-state index in [2.05, 4.69) is 5.32 Å². The number of ether oxygens (including phenoxy) is 2. The summed E-state index contributed by atoms with van der Waals surface area (Å²) in [7, 11) is 3.09. The Bertz CT molecular complexity index is 783. The van der Waals surface area contributed by atoms with Crippen molar-refractivity contribution in [1.29, 1.82) is 0 Å². The van der Waals surface area contributed by atoms with E-state index in [1.54, 1.807) is 42.0 Å². The van der Waals surface area contributed by atoms with Crippen LogP contribution in [0.15, 0.2) is 41.2 Å². The lowest BCUT2D eigenvalue weighted by molar-refractivity contribution is 0.0952. The molecule has 0 aliphatic carbocycles. The summed E-state index contributed by atoms with van der Waals surface area (Å²) in [5, 5.41) is 2.88. The summed E-state index contributed by atoms with van der Waals surface area (Å²) in [5.74, 6) is 0.950. The second-order valence-electron chi connectivity index (χ2n) is 5.69. The van der Waals surface area contributed by atoms with Crippen LogP contribution in [0.4, 0.5) is 0 Å². The number of methoxy groups -OCH3 is 2. The van der Waals surface area contributed by atoms with Crippen LogP contribution in [-0.2, 0) is 6.54 Å². The molecule has 0 bridgehead atoms. The molecule has 25 heavy (non-hydrogen) atoms. The van der Waals surface area contributed by atoms with Gasteiger partial charge in [0.05, 0.1) is 14.2 Å². The lowest BCUT2D eigenvalue weighted by Crippen LogP contribution is -2.25. The van der Waals surface area contributed by atoms with Gasteiger partial charge in [0.15, 0.2) is 11.5 Å². The van der Waals surface area contributed by atoms with Gasteiger partial charge in [-0.15, -0.1) is 0 Å². The highest BCUT2D eigenvalue weighted by molar-refractivity contribution is 5.94. The molecule has 6 nitrogen and oxygen atoms in total. The number of pyridine rings is 1. The molecule has 0 atom stereocenters. The zero-order chi connectivity index (χ0) is 18.2. The maximum Gasteiger partial charge on any atom is 0.251 e. The molecule has 1 amide bonds. The molecule has 1 aromatic carbocycles. The van der Waals surface area contributed by atoms with Gasteiger partial charge < -0.3 is 19.4 Å². The van der Waals surface area contributed by atoms with Gasteiger partial charge in [0.25, 0.3) is 11.5 Å². The van der Waals surface area contributed by atoms with Crippen molar-refractivity contribution in [2.45, 2.75) is 26.3 Å². The Morgan fingerprint density at radius 3 is 2.52 bits per heavy atom. The number of nitrogens with one attached hydrogen (secondary N) is 1. The highest BCUT2D eigenvalue weighted by Crippen LogP contribution is 2.27. The van der Waals surface area contributed by atoms with Gasteiger partial charge in [0.1, 0.15) is 0 Å². The van der Waals surface area contributed by atoms with Crippen molar-refractivity contribution >= 4 is 5.91 Å². The van der Waals surface area contributed by atoms with Crippen molar-refractivity contribution < 1.29 is 14.3 Å². The van der Waals surface area contributed by atoms with Gasteiger partial charge in [-0.3, -0.25) is 9.59 Å². The van der Waals surface area contributed by atoms with Crippen LogP contribution >= 0.6 is 0 Å². The molecule has 2 aromatic rings. The van der Waals surface area contributed by atoms with E-state index in [1.165, 1.54) is 7.11 Å². The van der Waals surface area contributed by atoms with E-state index in [0.29, 0.717) is 30.2 Å². The molecule has 1 N–H and O–H groups in total. The minimum absolute atomic E-state index is 0.00867. The number of carbonyl (C=O) groups excluding carboxylic acids is 1. The number of aryl methyl sites for hydroxylation is 1. The molecule has 0 spiro atoms. The topological polar surface area (TPSA) is 69.6 Å². The van der Waals surface area contributed by atoms with E-state index in [-0.39, 0.29) is 11.5 Å². The Hall–Kier alpha value is -2.76. The molecule has 0 saturated heterocycles. The molecule has 1 heterocycles. The third kappa shape index (κ3) is 4.86. The van der Waals surface area contributed by atoms with Gasteiger partial charge in [-0.2, -0.15) is 0 Å². The Kier molecular flexibility index (Phi) is 6.62. The van der Waals surface area contributed by atoms with Crippen LogP contribution in [0.2, 0.25) is 0 Å². The highest BCUT2D eigenvalue weighted by Gasteiger charge is 2.10. The number of hydrogen-bond acceptors (Lipinski definition) is 4. The van der Waals surface area contributed by atoms with Crippen molar-refractivity contribution in [3.63, 3.8) is 0 Å². The monoisotopic (exact) mass is 344 g/mol. The first-order valence-corrected chi connectivity index (χ1v) is 8.23. The first kappa shape index (κ1) is 18.6. The molecule has 0 aliphatic rings. The number of hydrogen-bond donors (Lipinski definition) is 1. The number of aromatic nitrogens is 1. The molecule has 134 valence electrons. The normalized spacial score (nSPS) is 10.4. The quantitative estimate of drug-likeness (QED) is 0.747. The van der Waals surface area contributed by atoms with Crippen LogP contribution in [-0.4, -0.2) is 31.2 Å². The second kappa shape index (κ2) is 8.92. The van der Waals surface area contributed by atoms with E-state index in [0.717, 1.165) is 18.5 Å². The molecule has 1 aromatic heterocycles. The Morgan fingerprint density at radius 1 is 1.08 bits per heavy atom. The van der Waals surface area contributed by atoms with Gasteiger partial charge >= 0.3 is 0 Å². The lowest BCUT2D eigenvalue weighted by atomic mass is 10.2. The van der Waals surface area contributed by atoms with E-state index < -0.39 is 0 Å². The zero-order valence-electron chi connectivity index (χ0n) is 14.9. The van der Waals surface area contributed by atoms with E-state index >= 15 is 0 Å². The Labute approximate surface area is 147 Å². The molecule has 0 radical (unpaired) electrons. The molecule has 0 saturated carbocycles. The second-order valence-corrected chi connectivity index (χ2v) is 5.69. The van der Waals surface area contributed by atoms with E-state index in [9.17, 15) is 9.59 Å². The third-order valence-electron chi connectivity index (χ3n) is 4.01. The predicted molar refractivity (Wildman–Crippen MR) is 96.6 cm³/mol. The van der Waals surface area contributed by atoms with Gasteiger partial charge in [-0.05, 0) is 44.0 Å². The number of unbranched alkanes of at least 4 members (excludes halogenated alkanes) is 1. The SMILES string of the molecule is COc1ccc(C(=O)NCCCCn2c(C)cccc2=O)cc1OC. The Morgan fingerprint density at radius 2 is 1.84 bits per heavy atom. The first-order valence-electron chi connectivity index (χ1n) is 8.23. The fourth-order valence-corrected chi connectivity index (χ4v) is 2.59. The smallest absolute Gasteiger partial charge is 0.251 e. The van der Waals surface area contributed by atoms with Crippen molar-refractivity contribution in [3.05, 3.63) is 58.0 Å². The summed E-state index contributed by atoms with van der Waals surface area (Å²) in [6, 6.07) is 10.3. The molecule has 2 rings (SSSR count). The van der Waals surface area contributed by atoms with Crippen LogP contribution in [0.5, 0.6) is 11.5 Å². The third-order valence-corrected chi connectivity index (χ3v) is 4.01. The lowest BCUT2D eigenvalue weighted by Gasteiger charge is -2.11. The van der Waals surface area contributed by atoms with Crippen molar-refractivity contribution in [2.24, 2.45) is 0 Å². The molecule has 6 heteroatoms. The van der Waals surface area contributed by atoms with Crippen molar-refractivity contribution in [3.8, 4) is 11.5 Å². The van der Waals surface area contributed by atoms with Crippen LogP contribution in [0.1, 0.15) is 28.9 Å². The largest absolute Gasteiger partial charge is 0.493 e. The number of rotatable bonds is 8. The molecule has 0 unspecified atom stereocenters. The minimum Gasteiger partial charge on any atom is -0.493 e. The molecule has 0 aliphatic heterocycles. The fourth-order valence-electron chi connectivity index (χ4n) is 2.59. The highest BCUT2D eigenvalue weighted by atomic mass is 16.5. The number of nitrogens with zero attached hydrogens (tertiary/aromatic N) is 1. The zero-order valence-corrected chi connectivity index (χ0v) is 14.9. The molecular weight excluding hydrogens is 320 g/mol. The van der Waals surface area contributed by atoms with Gasteiger partial charge in [0.2, 0.25) is 0 Å². The van der Waals surface area contributed by atoms with E-state index in [1.807, 2.05) is 13.0 Å². The fraction of sp³-hybridized carbons (Fsp3) is 0.368. The summed E-state index contributed by atoms with van der Waals surface area (Å²) in [4.78, 5) is 24.0. The standard InChI is InChI=1S/C19H24N2O4/c1-14-7-6-8-18(22)21(14)12-5-4-11-20-19(23)15-9-10-16(24-2)17(13-15)25-3/h6-10,13H,4-5,11-12H2,1-3H3,(H,20,23). The maximum atomic E-state index is 12.2. The Balaban J connectivity index is 1.82. The molecular formula is C19H24N2O4. The van der Waals surface area contributed by atoms with E-state index in [4.69, 9.17) is 9.47 Å². The number of benzene rings is 1. The summed E-state index contributed by atoms with van der Waals surface area (Å²) in [6.07, 6.45) is 1.61. The summed E-state index contributed by atoms with van der Waals surface area (Å²) >= 11 is 0. The average molecular weight is 344 g/mol. The van der Waals surface area contributed by atoms with Gasteiger partial charge in [0, 0.05) is 30.4 Å². The van der Waals surface area contributed by atoms with Crippen LogP contribution in [0.3, 0.4) is 0 Å². The van der Waals surface area contributed by atoms with Crippen LogP contribution < -0.4 is 20.3 Å². The first-order chi connectivity index (χ1) is 12.1. The minimum atomic E-state index is -0.158. The maximum absolute atomic E-state index is 12.2. The number of carbonyl (C=O) groups is 1. The molecule has 0 fully saturated rings.